The summed E-state index contributed by atoms with van der Waals surface area (Å²) in [6.07, 6.45) is 5.07. The maximum Gasteiger partial charge on any atom is 0.182 e. The molecule has 0 N–H and O–H groups in total. The molecule has 0 aliphatic carbocycles. The minimum absolute atomic E-state index is 0. The second-order valence-corrected chi connectivity index (χ2v) is 4.08. The molecule has 1 heterocycles. The predicted octanol–water partition coefficient (Wildman–Crippen LogP) is 2.95. The maximum atomic E-state index is 11.8. The van der Waals surface area contributed by atoms with E-state index in [-0.39, 0.29) is 18.2 Å². The van der Waals surface area contributed by atoms with Crippen molar-refractivity contribution in [2.75, 3.05) is 0 Å². The van der Waals surface area contributed by atoms with Crippen molar-refractivity contribution >= 4 is 34.1 Å². The Morgan fingerprint density at radius 3 is 2.88 bits per heavy atom. The molecular weight excluding hydrogens is 291 g/mol. The van der Waals surface area contributed by atoms with Crippen LogP contribution in [0.3, 0.4) is 0 Å². The van der Waals surface area contributed by atoms with Crippen molar-refractivity contribution in [3.05, 3.63) is 53.0 Å². The van der Waals surface area contributed by atoms with Gasteiger partial charge in [0.1, 0.15) is 0 Å². The van der Waals surface area contributed by atoms with Crippen molar-refractivity contribution < 1.29 is 4.79 Å². The van der Waals surface area contributed by atoms with E-state index in [4.69, 9.17) is 0 Å². The van der Waals surface area contributed by atoms with Gasteiger partial charge in [-0.3, -0.25) is 4.79 Å². The predicted molar refractivity (Wildman–Crippen MR) is 67.9 cm³/mol. The van der Waals surface area contributed by atoms with E-state index in [9.17, 15) is 4.79 Å². The second kappa shape index (κ2) is 5.82. The van der Waals surface area contributed by atoms with Gasteiger partial charge in [-0.25, -0.2) is 4.98 Å². The monoisotopic (exact) mass is 300 g/mol. The van der Waals surface area contributed by atoms with Gasteiger partial charge in [0.05, 0.1) is 12.9 Å². The van der Waals surface area contributed by atoms with Crippen LogP contribution >= 0.6 is 28.3 Å². The number of carbonyl (C=O) groups excluding carboxylic acids is 1. The Bertz CT molecular complexity index is 471. The lowest BCUT2D eigenvalue weighted by molar-refractivity contribution is 0.0972. The minimum atomic E-state index is 0. The molecule has 1 aromatic carbocycles. The minimum Gasteiger partial charge on any atom is -0.330 e. The van der Waals surface area contributed by atoms with Crippen molar-refractivity contribution in [3.8, 4) is 0 Å². The Balaban J connectivity index is 0.00000128. The molecule has 0 saturated carbocycles. The highest BCUT2D eigenvalue weighted by atomic mass is 79.9. The first-order valence-electron chi connectivity index (χ1n) is 4.50. The smallest absolute Gasteiger partial charge is 0.182 e. The molecule has 0 spiro atoms. The first-order valence-corrected chi connectivity index (χ1v) is 5.29. The number of nitrogens with zero attached hydrogens (tertiary/aromatic N) is 2. The molecule has 0 aliphatic heterocycles. The van der Waals surface area contributed by atoms with E-state index in [0.717, 1.165) is 4.47 Å². The molecule has 16 heavy (non-hydrogen) atoms. The number of hydrogen-bond donors (Lipinski definition) is 0. The van der Waals surface area contributed by atoms with Crippen LogP contribution in [-0.2, 0) is 6.54 Å². The van der Waals surface area contributed by atoms with Crippen LogP contribution in [0.2, 0.25) is 0 Å². The summed E-state index contributed by atoms with van der Waals surface area (Å²) in [5.41, 5.74) is 0.707. The Morgan fingerprint density at radius 1 is 1.44 bits per heavy atom. The van der Waals surface area contributed by atoms with E-state index in [2.05, 4.69) is 20.9 Å². The zero-order valence-electron chi connectivity index (χ0n) is 8.34. The Morgan fingerprint density at radius 2 is 2.25 bits per heavy atom. The number of aromatic nitrogens is 2. The van der Waals surface area contributed by atoms with Crippen molar-refractivity contribution in [1.29, 1.82) is 0 Å². The van der Waals surface area contributed by atoms with Gasteiger partial charge in [0.15, 0.2) is 5.78 Å². The Labute approximate surface area is 108 Å². The lowest BCUT2D eigenvalue weighted by Gasteiger charge is -2.02. The van der Waals surface area contributed by atoms with Crippen LogP contribution in [0.15, 0.2) is 47.5 Å². The number of benzene rings is 1. The summed E-state index contributed by atoms with van der Waals surface area (Å²) >= 11 is 3.34. The van der Waals surface area contributed by atoms with E-state index in [1.165, 1.54) is 0 Å². The largest absolute Gasteiger partial charge is 0.330 e. The number of ketones is 1. The first-order chi connectivity index (χ1) is 7.25. The van der Waals surface area contributed by atoms with Gasteiger partial charge >= 0.3 is 0 Å². The number of hydrogen-bond acceptors (Lipinski definition) is 2. The number of rotatable bonds is 3. The Kier molecular flexibility index (Phi) is 4.71. The third-order valence-corrected chi connectivity index (χ3v) is 2.53. The van der Waals surface area contributed by atoms with E-state index >= 15 is 0 Å². The fourth-order valence-corrected chi connectivity index (χ4v) is 1.70. The number of Topliss-reactive ketones (excluding diaryl/α,β-unsaturated/α-hetero) is 1. The average Bonchev–Trinajstić information content (AvgIpc) is 2.70. The molecule has 2 aromatic rings. The van der Waals surface area contributed by atoms with Crippen molar-refractivity contribution in [2.24, 2.45) is 0 Å². The Hall–Kier alpha value is -1.13. The van der Waals surface area contributed by atoms with Crippen LogP contribution < -0.4 is 0 Å². The van der Waals surface area contributed by atoms with Gasteiger partial charge in [0.25, 0.3) is 0 Å². The van der Waals surface area contributed by atoms with Crippen LogP contribution in [0.5, 0.6) is 0 Å². The summed E-state index contributed by atoms with van der Waals surface area (Å²) in [4.78, 5) is 15.7. The molecule has 3 nitrogen and oxygen atoms in total. The average molecular weight is 302 g/mol. The molecular formula is C11H10BrClN2O. The zero-order chi connectivity index (χ0) is 10.7. The molecule has 5 heteroatoms. The molecule has 0 unspecified atom stereocenters. The summed E-state index contributed by atoms with van der Waals surface area (Å²) in [7, 11) is 0. The van der Waals surface area contributed by atoms with Gasteiger partial charge in [-0.05, 0) is 12.1 Å². The first kappa shape index (κ1) is 12.9. The normalized spacial score (nSPS) is 9.56. The number of imidazole rings is 1. The topological polar surface area (TPSA) is 34.9 Å². The fourth-order valence-electron chi connectivity index (χ4n) is 1.30. The van der Waals surface area contributed by atoms with E-state index in [0.29, 0.717) is 12.1 Å². The molecule has 0 saturated heterocycles. The highest BCUT2D eigenvalue weighted by Crippen LogP contribution is 2.12. The van der Waals surface area contributed by atoms with Gasteiger partial charge in [-0.1, -0.05) is 28.1 Å². The van der Waals surface area contributed by atoms with Gasteiger partial charge in [0.2, 0.25) is 0 Å². The summed E-state index contributed by atoms with van der Waals surface area (Å²) in [5, 5.41) is 0. The lowest BCUT2D eigenvalue weighted by Crippen LogP contribution is -2.08. The van der Waals surface area contributed by atoms with Crippen LogP contribution in [0, 0.1) is 0 Å². The quantitative estimate of drug-likeness (QED) is 0.817. The van der Waals surface area contributed by atoms with Crippen LogP contribution in [0.25, 0.3) is 0 Å². The third kappa shape index (κ3) is 3.18. The molecule has 0 amide bonds. The highest BCUT2D eigenvalue weighted by Gasteiger charge is 2.06. The van der Waals surface area contributed by atoms with Gasteiger partial charge in [-0.15, -0.1) is 12.4 Å². The van der Waals surface area contributed by atoms with Crippen LogP contribution in [0.4, 0.5) is 0 Å². The molecule has 2 rings (SSSR count). The molecule has 0 bridgehead atoms. The van der Waals surface area contributed by atoms with E-state index in [1.54, 1.807) is 23.3 Å². The molecule has 1 aromatic heterocycles. The van der Waals surface area contributed by atoms with Crippen molar-refractivity contribution in [1.82, 2.24) is 9.55 Å². The fraction of sp³-hybridized carbons (Fsp3) is 0.0909. The molecule has 0 aliphatic rings. The third-order valence-electron chi connectivity index (χ3n) is 2.03. The van der Waals surface area contributed by atoms with Crippen molar-refractivity contribution in [3.63, 3.8) is 0 Å². The van der Waals surface area contributed by atoms with Crippen LogP contribution in [0.1, 0.15) is 10.4 Å². The van der Waals surface area contributed by atoms with Gasteiger partial charge in [-0.2, -0.15) is 0 Å². The van der Waals surface area contributed by atoms with Crippen molar-refractivity contribution in [2.45, 2.75) is 6.54 Å². The summed E-state index contributed by atoms with van der Waals surface area (Å²) in [6, 6.07) is 7.38. The second-order valence-electron chi connectivity index (χ2n) is 3.17. The van der Waals surface area contributed by atoms with E-state index < -0.39 is 0 Å². The number of carbonyl (C=O) groups is 1. The maximum absolute atomic E-state index is 11.8. The van der Waals surface area contributed by atoms with Gasteiger partial charge < -0.3 is 4.57 Å². The summed E-state index contributed by atoms with van der Waals surface area (Å²) < 4.78 is 2.67. The lowest BCUT2D eigenvalue weighted by atomic mass is 10.1. The molecule has 0 radical (unpaired) electrons. The van der Waals surface area contributed by atoms with Crippen LogP contribution in [-0.4, -0.2) is 15.3 Å². The standard InChI is InChI=1S/C11H9BrN2O.ClH/c12-10-3-1-2-9(6-10)11(15)7-14-5-4-13-8-14;/h1-6,8H,7H2;1H. The summed E-state index contributed by atoms with van der Waals surface area (Å²) in [6.45, 7) is 0.330. The SMILES string of the molecule is Cl.O=C(Cn1ccnc1)c1cccc(Br)c1. The highest BCUT2D eigenvalue weighted by molar-refractivity contribution is 9.10. The zero-order valence-corrected chi connectivity index (χ0v) is 10.7. The molecule has 0 atom stereocenters. The number of halogens is 2. The van der Waals surface area contributed by atoms with Gasteiger partial charge in [0, 0.05) is 22.4 Å². The molecule has 84 valence electrons. The molecule has 0 fully saturated rings. The van der Waals surface area contributed by atoms with E-state index in [1.807, 2.05) is 24.3 Å². The summed E-state index contributed by atoms with van der Waals surface area (Å²) in [5.74, 6) is 0.0781.